The van der Waals surface area contributed by atoms with Gasteiger partial charge in [-0.15, -0.1) is 0 Å². The van der Waals surface area contributed by atoms with Crippen LogP contribution in [0.4, 0.5) is 26.5 Å². The molecular weight excluding hydrogens is 949 g/mol. The van der Waals surface area contributed by atoms with Crippen molar-refractivity contribution in [1.29, 1.82) is 0 Å². The molecule has 0 radical (unpaired) electrons. The van der Waals surface area contributed by atoms with Gasteiger partial charge in [-0.05, 0) is 88.8 Å². The van der Waals surface area contributed by atoms with Gasteiger partial charge in [0.2, 0.25) is 11.9 Å². The van der Waals surface area contributed by atoms with Crippen LogP contribution in [-0.2, 0) is 33.4 Å². The number of aryl methyl sites for hydroxylation is 2. The smallest absolute Gasteiger partial charge is 0.223 e. The highest BCUT2D eigenvalue weighted by Crippen LogP contribution is 2.39. The Morgan fingerprint density at radius 2 is 1.07 bits per heavy atom. The summed E-state index contributed by atoms with van der Waals surface area (Å²) < 4.78 is 49.4. The number of aromatic nitrogens is 6. The number of nitrogens with one attached hydrogen (secondary N) is 1. The Morgan fingerprint density at radius 1 is 0.638 bits per heavy atom. The number of methoxy groups -OCH3 is 2. The molecule has 0 unspecified atom stereocenters. The molecular formula is C50H59Cl3F2N10O4. The molecule has 0 atom stereocenters. The van der Waals surface area contributed by atoms with Crippen molar-refractivity contribution in [3.63, 3.8) is 0 Å². The normalized spacial score (nSPS) is 14.9. The van der Waals surface area contributed by atoms with Gasteiger partial charge >= 0.3 is 0 Å². The van der Waals surface area contributed by atoms with E-state index in [9.17, 15) is 8.78 Å². The van der Waals surface area contributed by atoms with E-state index in [1.54, 1.807) is 32.4 Å². The molecule has 8 rings (SSSR count). The maximum atomic E-state index is 13.7. The topological polar surface area (TPSA) is 182 Å². The summed E-state index contributed by atoms with van der Waals surface area (Å²) in [4.78, 5) is 27.0. The van der Waals surface area contributed by atoms with E-state index in [4.69, 9.17) is 70.2 Å². The predicted molar refractivity (Wildman–Crippen MR) is 267 cm³/mol. The van der Waals surface area contributed by atoms with Crippen molar-refractivity contribution in [1.82, 2.24) is 35.2 Å². The second kappa shape index (κ2) is 24.4. The molecule has 0 bridgehead atoms. The number of hydrogen-bond acceptors (Lipinski definition) is 14. The maximum Gasteiger partial charge on any atom is 0.223 e. The van der Waals surface area contributed by atoms with E-state index in [2.05, 4.69) is 35.1 Å². The number of pyridine rings is 2. The maximum absolute atomic E-state index is 13.7. The SMILES string of the molecule is COc1c(C)cnc(CN(CC2(c3ccc(F)cc3)CCOCC2)c2cc(Cl)nc(N)n2)c1C.COc1c(C)cnc(CNCC2(c3ccc(F)cc3)CCOCC2)c1C.Nc1nc(Cl)cc(Cl)n1. The molecule has 2 fully saturated rings. The standard InChI is InChI=1S/C25H29ClFN5O2.C21H27FN2O2.C4H3Cl2N3/c1-16-13-29-20(17(2)23(16)33-3)14-32(22-12-21(26)30-24(28)31-22)15-25(8-10-34-11-9-25)18-4-6-19(27)7-5-18;1-15-12-24-19(16(2)20(15)25-3)13-23-14-21(8-10-26-11-9-21)17-4-6-18(22)7-5-17;5-2-1-3(6)9-4(7)8-2/h4-7,12-13H,8-11,14-15H2,1-3H3,(H2,28,30,31);4-7,12,23H,8-11,13-14H2,1-3H3;1H,(H2,7,8,9). The van der Waals surface area contributed by atoms with Crippen LogP contribution in [0.5, 0.6) is 11.5 Å². The molecule has 2 aromatic carbocycles. The van der Waals surface area contributed by atoms with Crippen molar-refractivity contribution in [2.75, 3.05) is 70.1 Å². The lowest BCUT2D eigenvalue weighted by Crippen LogP contribution is -2.45. The Bertz CT molecular complexity index is 2570. The molecule has 14 nitrogen and oxygen atoms in total. The van der Waals surface area contributed by atoms with Gasteiger partial charge in [0, 0.05) is 104 Å². The molecule has 19 heteroatoms. The number of nitrogens with two attached hydrogens (primary N) is 2. The Morgan fingerprint density at radius 3 is 1.55 bits per heavy atom. The molecule has 2 aliphatic rings. The lowest BCUT2D eigenvalue weighted by molar-refractivity contribution is 0.0497. The summed E-state index contributed by atoms with van der Waals surface area (Å²) in [5, 5.41) is 4.35. The Balaban J connectivity index is 0.000000196. The van der Waals surface area contributed by atoms with Crippen LogP contribution in [-0.4, -0.2) is 83.6 Å². The van der Waals surface area contributed by atoms with E-state index in [1.807, 2.05) is 64.4 Å². The number of halogens is 5. The molecule has 0 saturated carbocycles. The highest BCUT2D eigenvalue weighted by Gasteiger charge is 2.38. The summed E-state index contributed by atoms with van der Waals surface area (Å²) in [6.07, 6.45) is 7.09. The summed E-state index contributed by atoms with van der Waals surface area (Å²) >= 11 is 17.1. The molecule has 2 saturated heterocycles. The van der Waals surface area contributed by atoms with E-state index >= 15 is 0 Å². The van der Waals surface area contributed by atoms with Crippen molar-refractivity contribution in [3.05, 3.63) is 145 Å². The van der Waals surface area contributed by atoms with Gasteiger partial charge in [-0.25, -0.2) is 23.7 Å². The molecule has 4 aromatic heterocycles. The van der Waals surface area contributed by atoms with Gasteiger partial charge in [-0.1, -0.05) is 59.1 Å². The van der Waals surface area contributed by atoms with Gasteiger partial charge in [0.05, 0.1) is 32.2 Å². The minimum Gasteiger partial charge on any atom is -0.496 e. The van der Waals surface area contributed by atoms with Crippen molar-refractivity contribution in [3.8, 4) is 11.5 Å². The van der Waals surface area contributed by atoms with E-state index in [0.29, 0.717) is 38.7 Å². The zero-order chi connectivity index (χ0) is 49.7. The van der Waals surface area contributed by atoms with Crippen LogP contribution in [0.15, 0.2) is 73.1 Å². The minimum absolute atomic E-state index is 0.0331. The van der Waals surface area contributed by atoms with Crippen LogP contribution in [0.2, 0.25) is 15.5 Å². The van der Waals surface area contributed by atoms with Crippen LogP contribution in [0.3, 0.4) is 0 Å². The first kappa shape index (κ1) is 52.9. The number of benzene rings is 2. The van der Waals surface area contributed by atoms with Gasteiger partial charge in [-0.3, -0.25) is 9.97 Å². The fraction of sp³-hybridized carbons (Fsp3) is 0.400. The Labute approximate surface area is 417 Å². The Kier molecular flexibility index (Phi) is 18.7. The average molecular weight is 1010 g/mol. The average Bonchev–Trinajstić information content (AvgIpc) is 3.31. The summed E-state index contributed by atoms with van der Waals surface area (Å²) in [6.45, 7) is 13.2. The molecule has 0 spiro atoms. The van der Waals surface area contributed by atoms with Crippen LogP contribution in [0, 0.1) is 39.3 Å². The third kappa shape index (κ3) is 13.9. The molecule has 6 aromatic rings. The molecule has 69 heavy (non-hydrogen) atoms. The van der Waals surface area contributed by atoms with Gasteiger partial charge in [0.25, 0.3) is 0 Å². The number of hydrogen-bond donors (Lipinski definition) is 3. The lowest BCUT2D eigenvalue weighted by Gasteiger charge is -2.42. The fourth-order valence-corrected chi connectivity index (χ4v) is 9.51. The van der Waals surface area contributed by atoms with E-state index in [0.717, 1.165) is 96.1 Å². The second-order valence-electron chi connectivity index (χ2n) is 17.1. The van der Waals surface area contributed by atoms with Crippen molar-refractivity contribution < 1.29 is 27.7 Å². The molecule has 368 valence electrons. The van der Waals surface area contributed by atoms with Crippen LogP contribution in [0.25, 0.3) is 0 Å². The molecule has 6 heterocycles. The highest BCUT2D eigenvalue weighted by atomic mass is 35.5. The third-order valence-corrected chi connectivity index (χ3v) is 13.2. The fourth-order valence-electron chi connectivity index (χ4n) is 8.89. The van der Waals surface area contributed by atoms with Crippen LogP contribution >= 0.6 is 34.8 Å². The first-order chi connectivity index (χ1) is 33.0. The van der Waals surface area contributed by atoms with Crippen LogP contribution < -0.4 is 31.2 Å². The second-order valence-corrected chi connectivity index (χ2v) is 18.3. The van der Waals surface area contributed by atoms with Gasteiger partial charge in [-0.2, -0.15) is 4.98 Å². The lowest BCUT2D eigenvalue weighted by atomic mass is 9.73. The Hall–Kier alpha value is -5.49. The van der Waals surface area contributed by atoms with E-state index < -0.39 is 0 Å². The number of anilines is 3. The summed E-state index contributed by atoms with van der Waals surface area (Å²) in [5.74, 6) is 2.04. The monoisotopic (exact) mass is 1010 g/mol. The van der Waals surface area contributed by atoms with E-state index in [1.165, 1.54) is 23.8 Å². The predicted octanol–water partition coefficient (Wildman–Crippen LogP) is 9.68. The summed E-state index contributed by atoms with van der Waals surface area (Å²) in [5.41, 5.74) is 18.9. The van der Waals surface area contributed by atoms with Crippen molar-refractivity contribution in [2.45, 2.75) is 77.3 Å². The van der Waals surface area contributed by atoms with Crippen molar-refractivity contribution in [2.24, 2.45) is 0 Å². The number of rotatable bonds is 13. The van der Waals surface area contributed by atoms with E-state index in [-0.39, 0.29) is 49.8 Å². The molecule has 0 aliphatic carbocycles. The van der Waals surface area contributed by atoms with Crippen molar-refractivity contribution >= 4 is 52.5 Å². The zero-order valence-electron chi connectivity index (χ0n) is 39.7. The number of ether oxygens (including phenoxy) is 4. The van der Waals surface area contributed by atoms with Crippen LogP contribution in [0.1, 0.15) is 70.5 Å². The van der Waals surface area contributed by atoms with Gasteiger partial charge < -0.3 is 40.6 Å². The largest absolute Gasteiger partial charge is 0.496 e. The first-order valence-electron chi connectivity index (χ1n) is 22.4. The quantitative estimate of drug-likeness (QED) is 0.0930. The molecule has 0 amide bonds. The minimum atomic E-state index is -0.277. The first-order valence-corrected chi connectivity index (χ1v) is 23.6. The number of nitrogens with zero attached hydrogens (tertiary/aromatic N) is 7. The third-order valence-electron chi connectivity index (χ3n) is 12.6. The highest BCUT2D eigenvalue weighted by molar-refractivity contribution is 6.33. The van der Waals surface area contributed by atoms with Gasteiger partial charge in [0.15, 0.2) is 0 Å². The zero-order valence-corrected chi connectivity index (χ0v) is 42.0. The summed E-state index contributed by atoms with van der Waals surface area (Å²) in [6, 6.07) is 16.8. The molecule has 5 N–H and O–H groups in total. The molecule has 2 aliphatic heterocycles. The summed E-state index contributed by atoms with van der Waals surface area (Å²) in [7, 11) is 3.35. The number of nitrogen functional groups attached to an aromatic ring is 2. The van der Waals surface area contributed by atoms with Gasteiger partial charge in [0.1, 0.15) is 44.4 Å².